The van der Waals surface area contributed by atoms with Gasteiger partial charge >= 0.3 is 0 Å². The molecule has 1 saturated heterocycles. The van der Waals surface area contributed by atoms with Gasteiger partial charge in [-0.1, -0.05) is 30.7 Å². The molecule has 0 amide bonds. The average molecular weight is 618 g/mol. The lowest BCUT2D eigenvalue weighted by Gasteiger charge is -2.26. The van der Waals surface area contributed by atoms with Crippen LogP contribution in [0, 0.1) is 0 Å². The number of nitrogens with zero attached hydrogens (tertiary/aromatic N) is 1. The van der Waals surface area contributed by atoms with E-state index >= 15 is 0 Å². The summed E-state index contributed by atoms with van der Waals surface area (Å²) < 4.78 is 17.9. The molecule has 0 bridgehead atoms. The second kappa shape index (κ2) is 15.2. The lowest BCUT2D eigenvalue weighted by molar-refractivity contribution is 0.0977. The number of carbonyl (C=O) groups is 1. The predicted molar refractivity (Wildman–Crippen MR) is 164 cm³/mol. The number of anilines is 1. The maximum Gasteiger partial charge on any atom is 0.162 e. The van der Waals surface area contributed by atoms with Crippen LogP contribution in [0.25, 0.3) is 11.1 Å². The fourth-order valence-electron chi connectivity index (χ4n) is 4.86. The Kier molecular flexibility index (Phi) is 12.0. The third-order valence-corrected chi connectivity index (χ3v) is 7.75. The highest BCUT2D eigenvalue weighted by molar-refractivity contribution is 9.10. The summed E-state index contributed by atoms with van der Waals surface area (Å²) in [5.74, 6) is 2.25. The number of ether oxygens (including phenoxy) is 3. The molecule has 39 heavy (non-hydrogen) atoms. The van der Waals surface area contributed by atoms with Crippen molar-refractivity contribution in [3.05, 3.63) is 70.2 Å². The summed E-state index contributed by atoms with van der Waals surface area (Å²) in [6, 6.07) is 17.2. The van der Waals surface area contributed by atoms with E-state index in [9.17, 15) is 4.79 Å². The van der Waals surface area contributed by atoms with Gasteiger partial charge in [0.2, 0.25) is 0 Å². The molecular weight excluding hydrogens is 580 g/mol. The van der Waals surface area contributed by atoms with E-state index in [0.29, 0.717) is 36.0 Å². The Labute approximate surface area is 246 Å². The summed E-state index contributed by atoms with van der Waals surface area (Å²) in [4.78, 5) is 15.2. The van der Waals surface area contributed by atoms with Crippen LogP contribution in [0.4, 0.5) is 5.69 Å². The number of ketones is 1. The summed E-state index contributed by atoms with van der Waals surface area (Å²) >= 11 is 3.46. The molecule has 1 heterocycles. The first-order valence-corrected chi connectivity index (χ1v) is 14.1. The van der Waals surface area contributed by atoms with Gasteiger partial charge in [-0.3, -0.25) is 4.79 Å². The normalized spacial score (nSPS) is 13.4. The third kappa shape index (κ3) is 8.37. The standard InChI is InChI=1S/C31H37BrN2O4.ClH/c1-36-30-20-28(33)27(32)18-24(30)21-38-25-13-14-26(31(19-25)37-2)22-9-11-23(12-10-22)29(35)8-4-7-17-34-15-5-3-6-16-34;/h9-14,18-20H,3-8,15-17,21,33H2,1-2H3;1H. The fourth-order valence-corrected chi connectivity index (χ4v) is 5.25. The first-order chi connectivity index (χ1) is 18.5. The first kappa shape index (κ1) is 30.8. The number of methoxy groups -OCH3 is 2. The molecule has 2 N–H and O–H groups in total. The first-order valence-electron chi connectivity index (χ1n) is 13.3. The van der Waals surface area contributed by atoms with E-state index in [-0.39, 0.29) is 18.2 Å². The zero-order chi connectivity index (χ0) is 26.9. The second-order valence-electron chi connectivity index (χ2n) is 9.70. The van der Waals surface area contributed by atoms with Crippen LogP contribution in [0.3, 0.4) is 0 Å². The minimum atomic E-state index is 0. The quantitative estimate of drug-likeness (QED) is 0.128. The molecule has 6 nitrogen and oxygen atoms in total. The molecular formula is C31H38BrClN2O4. The summed E-state index contributed by atoms with van der Waals surface area (Å²) in [6.07, 6.45) is 6.58. The fraction of sp³-hybridized carbons (Fsp3) is 0.387. The summed E-state index contributed by atoms with van der Waals surface area (Å²) in [5, 5.41) is 0. The smallest absolute Gasteiger partial charge is 0.162 e. The number of Topliss-reactive ketones (excluding diaryl/α,β-unsaturated/α-hetero) is 1. The topological polar surface area (TPSA) is 74.0 Å². The number of hydrogen-bond acceptors (Lipinski definition) is 6. The van der Waals surface area contributed by atoms with Crippen molar-refractivity contribution < 1.29 is 19.0 Å². The maximum absolute atomic E-state index is 12.7. The van der Waals surface area contributed by atoms with Crippen molar-refractivity contribution in [3.8, 4) is 28.4 Å². The molecule has 1 fully saturated rings. The molecule has 3 aromatic rings. The number of unbranched alkanes of at least 4 members (excludes halogenated alkanes) is 1. The highest BCUT2D eigenvalue weighted by Crippen LogP contribution is 2.35. The molecule has 0 saturated carbocycles. The van der Waals surface area contributed by atoms with Crippen LogP contribution in [0.1, 0.15) is 54.4 Å². The molecule has 0 unspecified atom stereocenters. The van der Waals surface area contributed by atoms with Crippen molar-refractivity contribution in [1.29, 1.82) is 0 Å². The molecule has 1 aliphatic rings. The van der Waals surface area contributed by atoms with E-state index in [1.807, 2.05) is 48.5 Å². The van der Waals surface area contributed by atoms with Gasteiger partial charge in [0.15, 0.2) is 5.78 Å². The van der Waals surface area contributed by atoms with Crippen LogP contribution in [0.15, 0.2) is 59.1 Å². The Morgan fingerprint density at radius 1 is 0.923 bits per heavy atom. The van der Waals surface area contributed by atoms with Crippen molar-refractivity contribution in [2.75, 3.05) is 39.6 Å². The van der Waals surface area contributed by atoms with Gasteiger partial charge in [0.25, 0.3) is 0 Å². The van der Waals surface area contributed by atoms with Crippen molar-refractivity contribution in [3.63, 3.8) is 0 Å². The van der Waals surface area contributed by atoms with E-state index in [2.05, 4.69) is 20.8 Å². The van der Waals surface area contributed by atoms with E-state index in [0.717, 1.165) is 46.1 Å². The Balaban J connectivity index is 0.00000420. The molecule has 0 aromatic heterocycles. The van der Waals surface area contributed by atoms with E-state index < -0.39 is 0 Å². The molecule has 0 atom stereocenters. The highest BCUT2D eigenvalue weighted by Gasteiger charge is 2.13. The van der Waals surface area contributed by atoms with Gasteiger partial charge < -0.3 is 24.8 Å². The number of halogens is 2. The Morgan fingerprint density at radius 2 is 1.64 bits per heavy atom. The Bertz CT molecular complexity index is 1230. The van der Waals surface area contributed by atoms with Gasteiger partial charge in [-0.2, -0.15) is 0 Å². The van der Waals surface area contributed by atoms with Crippen molar-refractivity contribution in [2.24, 2.45) is 0 Å². The minimum absolute atomic E-state index is 0. The minimum Gasteiger partial charge on any atom is -0.496 e. The third-order valence-electron chi connectivity index (χ3n) is 7.06. The number of nitrogen functional groups attached to an aromatic ring is 1. The molecule has 210 valence electrons. The van der Waals surface area contributed by atoms with Crippen LogP contribution >= 0.6 is 28.3 Å². The monoisotopic (exact) mass is 616 g/mol. The van der Waals surface area contributed by atoms with Crippen LogP contribution in [0.5, 0.6) is 17.2 Å². The lowest BCUT2D eigenvalue weighted by Crippen LogP contribution is -2.30. The van der Waals surface area contributed by atoms with E-state index in [1.165, 1.54) is 32.4 Å². The molecule has 0 aliphatic carbocycles. The average Bonchev–Trinajstić information content (AvgIpc) is 2.96. The predicted octanol–water partition coefficient (Wildman–Crippen LogP) is 7.56. The number of rotatable bonds is 12. The summed E-state index contributed by atoms with van der Waals surface area (Å²) in [7, 11) is 3.25. The zero-order valence-corrected chi connectivity index (χ0v) is 25.1. The van der Waals surface area contributed by atoms with E-state index in [4.69, 9.17) is 19.9 Å². The van der Waals surface area contributed by atoms with Crippen molar-refractivity contribution in [2.45, 2.75) is 45.1 Å². The number of hydrogen-bond donors (Lipinski definition) is 1. The SMILES string of the molecule is COc1cc(N)c(Br)cc1COc1ccc(-c2ccc(C(=O)CCCCN3CCCCC3)cc2)c(OC)c1.Cl. The molecule has 8 heteroatoms. The van der Waals surface area contributed by atoms with Gasteiger partial charge in [-0.05, 0) is 85.0 Å². The van der Waals surface area contributed by atoms with Crippen LogP contribution < -0.4 is 19.9 Å². The number of likely N-dealkylation sites (tertiary alicyclic amines) is 1. The molecule has 0 radical (unpaired) electrons. The number of benzene rings is 3. The lowest BCUT2D eigenvalue weighted by atomic mass is 9.99. The molecule has 3 aromatic carbocycles. The van der Waals surface area contributed by atoms with Gasteiger partial charge in [0.1, 0.15) is 23.9 Å². The molecule has 0 spiro atoms. The Hall–Kier alpha value is -2.74. The van der Waals surface area contributed by atoms with Gasteiger partial charge in [0, 0.05) is 45.4 Å². The van der Waals surface area contributed by atoms with Crippen LogP contribution in [-0.4, -0.2) is 44.5 Å². The van der Waals surface area contributed by atoms with Crippen molar-refractivity contribution >= 4 is 39.8 Å². The molecule has 4 rings (SSSR count). The maximum atomic E-state index is 12.7. The van der Waals surface area contributed by atoms with Crippen LogP contribution in [0.2, 0.25) is 0 Å². The largest absolute Gasteiger partial charge is 0.496 e. The second-order valence-corrected chi connectivity index (χ2v) is 10.6. The van der Waals surface area contributed by atoms with Gasteiger partial charge in [-0.25, -0.2) is 0 Å². The Morgan fingerprint density at radius 3 is 2.33 bits per heavy atom. The zero-order valence-electron chi connectivity index (χ0n) is 22.7. The van der Waals surface area contributed by atoms with Crippen LogP contribution in [-0.2, 0) is 6.61 Å². The summed E-state index contributed by atoms with van der Waals surface area (Å²) in [5.41, 5.74) is 10.1. The van der Waals surface area contributed by atoms with Gasteiger partial charge in [-0.15, -0.1) is 12.4 Å². The number of carbonyl (C=O) groups excluding carboxylic acids is 1. The highest BCUT2D eigenvalue weighted by atomic mass is 79.9. The molecule has 1 aliphatic heterocycles. The van der Waals surface area contributed by atoms with E-state index in [1.54, 1.807) is 20.3 Å². The number of nitrogens with two attached hydrogens (primary N) is 1. The van der Waals surface area contributed by atoms with Gasteiger partial charge in [0.05, 0.1) is 14.2 Å². The summed E-state index contributed by atoms with van der Waals surface area (Å²) in [6.45, 7) is 3.85. The number of piperidine rings is 1. The van der Waals surface area contributed by atoms with Crippen molar-refractivity contribution in [1.82, 2.24) is 4.90 Å².